The zero-order chi connectivity index (χ0) is 20.3. The summed E-state index contributed by atoms with van der Waals surface area (Å²) in [5.74, 6) is 0.360. The molecular formula is C21H14ClN3O4. The molecule has 144 valence electrons. The lowest BCUT2D eigenvalue weighted by molar-refractivity contribution is 0.0969. The molecule has 1 amide bonds. The molecule has 0 N–H and O–H groups in total. The zero-order valence-electron chi connectivity index (χ0n) is 15.5. The van der Waals surface area contributed by atoms with Crippen LogP contribution in [0.5, 0.6) is 0 Å². The van der Waals surface area contributed by atoms with E-state index < -0.39 is 11.9 Å². The monoisotopic (exact) mass is 407 g/mol. The van der Waals surface area contributed by atoms with E-state index in [1.165, 1.54) is 4.90 Å². The molecule has 5 rings (SSSR count). The normalized spacial score (nSPS) is 15.9. The third-order valence-corrected chi connectivity index (χ3v) is 5.42. The summed E-state index contributed by atoms with van der Waals surface area (Å²) in [6, 6.07) is 7.67. The molecule has 0 spiro atoms. The third kappa shape index (κ3) is 2.58. The summed E-state index contributed by atoms with van der Waals surface area (Å²) in [4.78, 5) is 32.3. The number of carbonyl (C=O) groups excluding carboxylic acids is 1. The smallest absolute Gasteiger partial charge is 0.296 e. The van der Waals surface area contributed by atoms with E-state index in [4.69, 9.17) is 20.5 Å². The van der Waals surface area contributed by atoms with Gasteiger partial charge in [-0.1, -0.05) is 22.8 Å². The van der Waals surface area contributed by atoms with Crippen LogP contribution < -0.4 is 10.3 Å². The van der Waals surface area contributed by atoms with Crippen LogP contribution in [0.1, 0.15) is 39.0 Å². The Morgan fingerprint density at radius 3 is 2.69 bits per heavy atom. The van der Waals surface area contributed by atoms with Crippen molar-refractivity contribution in [2.75, 3.05) is 4.90 Å². The van der Waals surface area contributed by atoms with E-state index in [1.807, 2.05) is 0 Å². The van der Waals surface area contributed by atoms with Gasteiger partial charge in [-0.3, -0.25) is 19.5 Å². The van der Waals surface area contributed by atoms with Gasteiger partial charge in [0.25, 0.3) is 5.91 Å². The van der Waals surface area contributed by atoms with Crippen LogP contribution in [-0.2, 0) is 0 Å². The molecule has 0 aliphatic carbocycles. The predicted octanol–water partition coefficient (Wildman–Crippen LogP) is 4.20. The van der Waals surface area contributed by atoms with Gasteiger partial charge in [-0.05, 0) is 43.2 Å². The first-order valence-electron chi connectivity index (χ1n) is 8.89. The Morgan fingerprint density at radius 2 is 2.00 bits per heavy atom. The Morgan fingerprint density at radius 1 is 1.17 bits per heavy atom. The van der Waals surface area contributed by atoms with E-state index in [-0.39, 0.29) is 16.8 Å². The molecule has 1 unspecified atom stereocenters. The van der Waals surface area contributed by atoms with Crippen LogP contribution >= 0.6 is 11.6 Å². The highest BCUT2D eigenvalue weighted by molar-refractivity contribution is 6.32. The first-order valence-corrected chi connectivity index (χ1v) is 9.27. The van der Waals surface area contributed by atoms with Crippen molar-refractivity contribution in [2.45, 2.75) is 19.9 Å². The molecule has 0 bridgehead atoms. The Labute approximate surface area is 169 Å². The van der Waals surface area contributed by atoms with Crippen molar-refractivity contribution in [1.82, 2.24) is 10.1 Å². The van der Waals surface area contributed by atoms with Crippen molar-refractivity contribution in [1.29, 1.82) is 0 Å². The Balaban J connectivity index is 1.84. The summed E-state index contributed by atoms with van der Waals surface area (Å²) in [5.41, 5.74) is 1.64. The molecule has 4 aromatic rings. The number of anilines is 1. The van der Waals surface area contributed by atoms with Crippen LogP contribution in [0.4, 0.5) is 5.82 Å². The van der Waals surface area contributed by atoms with Crippen molar-refractivity contribution >= 4 is 34.3 Å². The van der Waals surface area contributed by atoms with E-state index in [1.54, 1.807) is 56.6 Å². The topological polar surface area (TPSA) is 89.4 Å². The molecule has 1 aliphatic heterocycles. The lowest BCUT2D eigenvalue weighted by atomic mass is 9.99. The Bertz CT molecular complexity index is 1340. The Kier molecular flexibility index (Phi) is 3.82. The standard InChI is InChI=1S/C21H14ClN3O4/c1-10-6-15-13(8-14(10)22)19(26)17-18(12-4-3-5-23-9-12)25(21(27)20(17)28-15)16-7-11(2)29-24-16/h3-9,18H,1-2H3. The van der Waals surface area contributed by atoms with Crippen molar-refractivity contribution in [3.63, 3.8) is 0 Å². The van der Waals surface area contributed by atoms with Gasteiger partial charge in [0.05, 0.1) is 17.0 Å². The summed E-state index contributed by atoms with van der Waals surface area (Å²) < 4.78 is 11.1. The summed E-state index contributed by atoms with van der Waals surface area (Å²) in [7, 11) is 0. The molecule has 1 aliphatic rings. The highest BCUT2D eigenvalue weighted by atomic mass is 35.5. The lowest BCUT2D eigenvalue weighted by Gasteiger charge is -2.21. The number of hydrogen-bond acceptors (Lipinski definition) is 6. The maximum absolute atomic E-state index is 13.4. The fourth-order valence-electron chi connectivity index (χ4n) is 3.65. The van der Waals surface area contributed by atoms with Gasteiger partial charge in [0.15, 0.2) is 11.2 Å². The molecule has 0 saturated heterocycles. The van der Waals surface area contributed by atoms with E-state index in [0.29, 0.717) is 33.1 Å². The molecule has 1 aromatic carbocycles. The van der Waals surface area contributed by atoms with Crippen LogP contribution in [0, 0.1) is 13.8 Å². The van der Waals surface area contributed by atoms with E-state index in [0.717, 1.165) is 5.56 Å². The van der Waals surface area contributed by atoms with Crippen LogP contribution in [0.3, 0.4) is 0 Å². The van der Waals surface area contributed by atoms with Crippen LogP contribution in [0.15, 0.2) is 56.5 Å². The van der Waals surface area contributed by atoms with Gasteiger partial charge in [-0.25, -0.2) is 0 Å². The second-order valence-corrected chi connectivity index (χ2v) is 7.34. The first kappa shape index (κ1) is 17.6. The van der Waals surface area contributed by atoms with Gasteiger partial charge in [0.2, 0.25) is 5.76 Å². The Hall–Kier alpha value is -3.45. The van der Waals surface area contributed by atoms with E-state index in [9.17, 15) is 9.59 Å². The number of hydrogen-bond donors (Lipinski definition) is 0. The van der Waals surface area contributed by atoms with Crippen molar-refractivity contribution in [3.05, 3.63) is 86.2 Å². The molecule has 0 radical (unpaired) electrons. The molecular weight excluding hydrogens is 394 g/mol. The van der Waals surface area contributed by atoms with Gasteiger partial charge in [-0.15, -0.1) is 0 Å². The maximum atomic E-state index is 13.4. The van der Waals surface area contributed by atoms with Crippen LogP contribution in [-0.4, -0.2) is 16.0 Å². The molecule has 7 nitrogen and oxygen atoms in total. The largest absolute Gasteiger partial charge is 0.450 e. The zero-order valence-corrected chi connectivity index (χ0v) is 16.2. The number of aryl methyl sites for hydroxylation is 2. The number of halogens is 1. The number of nitrogens with zero attached hydrogens (tertiary/aromatic N) is 3. The number of fused-ring (bicyclic) bond motifs is 2. The van der Waals surface area contributed by atoms with Crippen LogP contribution in [0.25, 0.3) is 11.0 Å². The summed E-state index contributed by atoms with van der Waals surface area (Å²) in [6.07, 6.45) is 3.23. The molecule has 0 fully saturated rings. The lowest BCUT2D eigenvalue weighted by Crippen LogP contribution is -2.29. The van der Waals surface area contributed by atoms with Gasteiger partial charge >= 0.3 is 0 Å². The van der Waals surface area contributed by atoms with Crippen LogP contribution in [0.2, 0.25) is 5.02 Å². The van der Waals surface area contributed by atoms with E-state index >= 15 is 0 Å². The molecule has 3 aromatic heterocycles. The number of benzene rings is 1. The second kappa shape index (κ2) is 6.28. The minimum absolute atomic E-state index is 0.0151. The first-order chi connectivity index (χ1) is 14.0. The highest BCUT2D eigenvalue weighted by Crippen LogP contribution is 2.41. The number of carbonyl (C=O) groups is 1. The van der Waals surface area contributed by atoms with E-state index in [2.05, 4.69) is 10.1 Å². The average molecular weight is 408 g/mol. The molecule has 4 heterocycles. The average Bonchev–Trinajstić information content (AvgIpc) is 3.26. The second-order valence-electron chi connectivity index (χ2n) is 6.93. The predicted molar refractivity (Wildman–Crippen MR) is 106 cm³/mol. The number of amides is 1. The fraction of sp³-hybridized carbons (Fsp3) is 0.143. The number of aromatic nitrogens is 2. The maximum Gasteiger partial charge on any atom is 0.296 e. The number of pyridine rings is 1. The molecule has 1 atom stereocenters. The number of rotatable bonds is 2. The minimum atomic E-state index is -0.739. The van der Waals surface area contributed by atoms with Gasteiger partial charge in [-0.2, -0.15) is 0 Å². The van der Waals surface area contributed by atoms with Crippen molar-refractivity contribution < 1.29 is 13.7 Å². The van der Waals surface area contributed by atoms with Gasteiger partial charge < -0.3 is 8.94 Å². The summed E-state index contributed by atoms with van der Waals surface area (Å²) in [6.45, 7) is 3.53. The van der Waals surface area contributed by atoms with Gasteiger partial charge in [0, 0.05) is 23.5 Å². The third-order valence-electron chi connectivity index (χ3n) is 5.01. The quantitative estimate of drug-likeness (QED) is 0.494. The summed E-state index contributed by atoms with van der Waals surface area (Å²) >= 11 is 6.23. The summed E-state index contributed by atoms with van der Waals surface area (Å²) in [5, 5.41) is 4.75. The molecule has 29 heavy (non-hydrogen) atoms. The SMILES string of the molecule is Cc1cc(N2C(=O)c3oc4cc(C)c(Cl)cc4c(=O)c3C2c2cccnc2)no1. The fourth-order valence-corrected chi connectivity index (χ4v) is 3.81. The molecule has 0 saturated carbocycles. The molecule has 8 heteroatoms. The highest BCUT2D eigenvalue weighted by Gasteiger charge is 2.45. The van der Waals surface area contributed by atoms with Gasteiger partial charge in [0.1, 0.15) is 11.3 Å². The minimum Gasteiger partial charge on any atom is -0.450 e. The van der Waals surface area contributed by atoms with Crippen molar-refractivity contribution in [3.8, 4) is 0 Å². The van der Waals surface area contributed by atoms with Crippen molar-refractivity contribution in [2.24, 2.45) is 0 Å².